The summed E-state index contributed by atoms with van der Waals surface area (Å²) >= 11 is 3.41. The lowest BCUT2D eigenvalue weighted by Crippen LogP contribution is -2.04. The van der Waals surface area contributed by atoms with Crippen molar-refractivity contribution in [1.82, 2.24) is 10.1 Å². The fourth-order valence-electron chi connectivity index (χ4n) is 1.94. The van der Waals surface area contributed by atoms with Gasteiger partial charge in [0, 0.05) is 28.7 Å². The Bertz CT molecular complexity index is 695. The number of rotatable bonds is 5. The molecule has 0 fully saturated rings. The van der Waals surface area contributed by atoms with Gasteiger partial charge in [0.25, 0.3) is 0 Å². The van der Waals surface area contributed by atoms with E-state index in [-0.39, 0.29) is 0 Å². The fourth-order valence-corrected chi connectivity index (χ4v) is 2.21. The summed E-state index contributed by atoms with van der Waals surface area (Å²) in [5.41, 5.74) is 2.04. The smallest absolute Gasteiger partial charge is 0.228 e. The third-order valence-electron chi connectivity index (χ3n) is 3.01. The summed E-state index contributed by atoms with van der Waals surface area (Å²) in [6.07, 6.45) is 0.693. The Balaban J connectivity index is 1.59. The molecule has 0 bridgehead atoms. The summed E-state index contributed by atoms with van der Waals surface area (Å²) in [4.78, 5) is 4.41. The average Bonchev–Trinajstić information content (AvgIpc) is 2.98. The van der Waals surface area contributed by atoms with Crippen LogP contribution in [0.1, 0.15) is 5.89 Å². The molecule has 0 aliphatic carbocycles. The number of para-hydroxylation sites is 1. The molecular weight excluding hydrogens is 330 g/mol. The standard InChI is InChI=1S/C16H14BrN3O/c17-13-8-6-12(7-9-13)16-19-15(21-20-16)10-11-18-14-4-2-1-3-5-14/h1-9,18H,10-11H2. The number of hydrogen-bond donors (Lipinski definition) is 1. The van der Waals surface area contributed by atoms with Crippen LogP contribution in [0.25, 0.3) is 11.4 Å². The van der Waals surface area contributed by atoms with Gasteiger partial charge in [-0.05, 0) is 36.4 Å². The molecule has 3 aromatic rings. The molecule has 1 N–H and O–H groups in total. The summed E-state index contributed by atoms with van der Waals surface area (Å²) in [5, 5.41) is 7.33. The van der Waals surface area contributed by atoms with Crippen molar-refractivity contribution in [3.8, 4) is 11.4 Å². The minimum atomic E-state index is 0.622. The van der Waals surface area contributed by atoms with E-state index in [2.05, 4.69) is 31.4 Å². The number of halogens is 1. The molecule has 106 valence electrons. The molecule has 3 rings (SSSR count). The first kappa shape index (κ1) is 13.8. The van der Waals surface area contributed by atoms with Gasteiger partial charge in [0.1, 0.15) is 0 Å². The van der Waals surface area contributed by atoms with Crippen LogP contribution in [0.5, 0.6) is 0 Å². The molecule has 4 nitrogen and oxygen atoms in total. The molecule has 0 aliphatic rings. The van der Waals surface area contributed by atoms with Crippen LogP contribution < -0.4 is 5.32 Å². The molecule has 0 spiro atoms. The summed E-state index contributed by atoms with van der Waals surface area (Å²) in [5.74, 6) is 1.26. The van der Waals surface area contributed by atoms with Gasteiger partial charge >= 0.3 is 0 Å². The van der Waals surface area contributed by atoms with Gasteiger partial charge in [-0.1, -0.05) is 39.3 Å². The highest BCUT2D eigenvalue weighted by Crippen LogP contribution is 2.19. The second kappa shape index (κ2) is 6.54. The predicted molar refractivity (Wildman–Crippen MR) is 86.1 cm³/mol. The second-order valence-electron chi connectivity index (χ2n) is 4.56. The largest absolute Gasteiger partial charge is 0.385 e. The molecule has 0 atom stereocenters. The Hall–Kier alpha value is -2.14. The Morgan fingerprint density at radius 3 is 2.52 bits per heavy atom. The zero-order valence-corrected chi connectivity index (χ0v) is 12.9. The Labute approximate surface area is 131 Å². The van der Waals surface area contributed by atoms with Gasteiger partial charge in [-0.25, -0.2) is 0 Å². The third kappa shape index (κ3) is 3.70. The fraction of sp³-hybridized carbons (Fsp3) is 0.125. The van der Waals surface area contributed by atoms with E-state index in [0.29, 0.717) is 18.1 Å². The van der Waals surface area contributed by atoms with Crippen LogP contribution in [0, 0.1) is 0 Å². The molecule has 1 heterocycles. The Kier molecular flexibility index (Phi) is 4.31. The van der Waals surface area contributed by atoms with Gasteiger partial charge in [-0.3, -0.25) is 0 Å². The van der Waals surface area contributed by atoms with Crippen LogP contribution in [-0.4, -0.2) is 16.7 Å². The van der Waals surface area contributed by atoms with E-state index in [0.717, 1.165) is 22.3 Å². The van der Waals surface area contributed by atoms with Gasteiger partial charge in [-0.15, -0.1) is 0 Å². The highest BCUT2D eigenvalue weighted by Gasteiger charge is 2.08. The maximum atomic E-state index is 5.27. The van der Waals surface area contributed by atoms with Crippen LogP contribution in [0.3, 0.4) is 0 Å². The predicted octanol–water partition coefficient (Wildman–Crippen LogP) is 4.15. The molecule has 1 aromatic heterocycles. The van der Waals surface area contributed by atoms with Crippen molar-refractivity contribution < 1.29 is 4.52 Å². The zero-order valence-electron chi connectivity index (χ0n) is 11.3. The second-order valence-corrected chi connectivity index (χ2v) is 5.48. The Morgan fingerprint density at radius 2 is 1.76 bits per heavy atom. The van der Waals surface area contributed by atoms with Crippen molar-refractivity contribution in [3.05, 3.63) is 65.0 Å². The van der Waals surface area contributed by atoms with Gasteiger partial charge in [-0.2, -0.15) is 4.98 Å². The molecular formula is C16H14BrN3O. The molecule has 5 heteroatoms. The minimum Gasteiger partial charge on any atom is -0.385 e. The lowest BCUT2D eigenvalue weighted by Gasteiger charge is -2.02. The minimum absolute atomic E-state index is 0.622. The van der Waals surface area contributed by atoms with E-state index in [1.54, 1.807) is 0 Å². The number of anilines is 1. The number of nitrogens with zero attached hydrogens (tertiary/aromatic N) is 2. The monoisotopic (exact) mass is 343 g/mol. The van der Waals surface area contributed by atoms with Crippen molar-refractivity contribution in [1.29, 1.82) is 0 Å². The lowest BCUT2D eigenvalue weighted by atomic mass is 10.2. The van der Waals surface area contributed by atoms with E-state index in [1.807, 2.05) is 54.6 Å². The van der Waals surface area contributed by atoms with Crippen molar-refractivity contribution >= 4 is 21.6 Å². The molecule has 21 heavy (non-hydrogen) atoms. The van der Waals surface area contributed by atoms with Gasteiger partial charge in [0.15, 0.2) is 0 Å². The van der Waals surface area contributed by atoms with E-state index in [1.165, 1.54) is 0 Å². The first-order valence-corrected chi connectivity index (χ1v) is 7.48. The maximum absolute atomic E-state index is 5.27. The van der Waals surface area contributed by atoms with Crippen molar-refractivity contribution in [2.45, 2.75) is 6.42 Å². The lowest BCUT2D eigenvalue weighted by molar-refractivity contribution is 0.381. The topological polar surface area (TPSA) is 51.0 Å². The number of nitrogens with one attached hydrogen (secondary N) is 1. The quantitative estimate of drug-likeness (QED) is 0.755. The molecule has 0 aliphatic heterocycles. The average molecular weight is 344 g/mol. The number of aromatic nitrogens is 2. The molecule has 0 saturated heterocycles. The first-order chi connectivity index (χ1) is 10.3. The highest BCUT2D eigenvalue weighted by molar-refractivity contribution is 9.10. The van der Waals surface area contributed by atoms with E-state index >= 15 is 0 Å². The maximum Gasteiger partial charge on any atom is 0.228 e. The van der Waals surface area contributed by atoms with E-state index in [9.17, 15) is 0 Å². The summed E-state index contributed by atoms with van der Waals surface area (Å²) in [7, 11) is 0. The number of hydrogen-bond acceptors (Lipinski definition) is 4. The third-order valence-corrected chi connectivity index (χ3v) is 3.54. The van der Waals surface area contributed by atoms with Crippen LogP contribution in [0.2, 0.25) is 0 Å². The summed E-state index contributed by atoms with van der Waals surface area (Å²) in [6, 6.07) is 17.9. The molecule has 0 saturated carbocycles. The van der Waals surface area contributed by atoms with Crippen LogP contribution >= 0.6 is 15.9 Å². The molecule has 0 unspecified atom stereocenters. The first-order valence-electron chi connectivity index (χ1n) is 6.69. The highest BCUT2D eigenvalue weighted by atomic mass is 79.9. The normalized spacial score (nSPS) is 10.5. The number of benzene rings is 2. The summed E-state index contributed by atoms with van der Waals surface area (Å²) < 4.78 is 6.30. The van der Waals surface area contributed by atoms with E-state index in [4.69, 9.17) is 4.52 Å². The van der Waals surface area contributed by atoms with Gasteiger partial charge in [0.05, 0.1) is 0 Å². The van der Waals surface area contributed by atoms with Crippen molar-refractivity contribution in [2.75, 3.05) is 11.9 Å². The molecule has 0 radical (unpaired) electrons. The van der Waals surface area contributed by atoms with Gasteiger partial charge in [0.2, 0.25) is 11.7 Å². The Morgan fingerprint density at radius 1 is 1.00 bits per heavy atom. The van der Waals surface area contributed by atoms with Crippen LogP contribution in [0.4, 0.5) is 5.69 Å². The van der Waals surface area contributed by atoms with E-state index < -0.39 is 0 Å². The van der Waals surface area contributed by atoms with Crippen LogP contribution in [-0.2, 0) is 6.42 Å². The SMILES string of the molecule is Brc1ccc(-c2noc(CCNc3ccccc3)n2)cc1. The van der Waals surface area contributed by atoms with Crippen LogP contribution in [0.15, 0.2) is 63.6 Å². The molecule has 2 aromatic carbocycles. The van der Waals surface area contributed by atoms with Crippen molar-refractivity contribution in [2.24, 2.45) is 0 Å². The summed E-state index contributed by atoms with van der Waals surface area (Å²) in [6.45, 7) is 0.756. The molecule has 0 amide bonds. The van der Waals surface area contributed by atoms with Crippen molar-refractivity contribution in [3.63, 3.8) is 0 Å². The zero-order chi connectivity index (χ0) is 14.5. The van der Waals surface area contributed by atoms with Gasteiger partial charge < -0.3 is 9.84 Å².